The summed E-state index contributed by atoms with van der Waals surface area (Å²) in [4.78, 5) is 0. The molecule has 1 aromatic carbocycles. The van der Waals surface area contributed by atoms with Gasteiger partial charge in [-0.15, -0.1) is 0 Å². The molecule has 0 spiro atoms. The fourth-order valence-electron chi connectivity index (χ4n) is 2.23. The number of hydrogen-bond acceptors (Lipinski definition) is 4. The van der Waals surface area contributed by atoms with E-state index in [1.807, 2.05) is 13.0 Å². The van der Waals surface area contributed by atoms with Crippen LogP contribution in [0, 0.1) is 0 Å². The summed E-state index contributed by atoms with van der Waals surface area (Å²) in [6, 6.07) is 6.37. The lowest BCUT2D eigenvalue weighted by atomic mass is 9.98. The molecule has 7 heteroatoms. The Balaban J connectivity index is 2.00. The van der Waals surface area contributed by atoms with Gasteiger partial charge in [0.25, 0.3) is 0 Å². The average molecular weight is 325 g/mol. The highest BCUT2D eigenvalue weighted by Crippen LogP contribution is 2.23. The highest BCUT2D eigenvalue weighted by Gasteiger charge is 2.25. The number of rotatable bonds is 7. The van der Waals surface area contributed by atoms with Crippen LogP contribution in [0.25, 0.3) is 0 Å². The van der Waals surface area contributed by atoms with Crippen LogP contribution in [-0.2, 0) is 12.6 Å². The highest BCUT2D eigenvalue weighted by molar-refractivity contribution is 5.30. The number of aryl methyl sites for hydroxylation is 1. The van der Waals surface area contributed by atoms with E-state index < -0.39 is 12.2 Å². The maximum Gasteiger partial charge on any atom is 0.387 e. The van der Waals surface area contributed by atoms with Crippen LogP contribution in [0.5, 0.6) is 5.75 Å². The fraction of sp³-hybridized carbons (Fsp3) is 0.438. The Kier molecular flexibility index (Phi) is 5.33. The molecule has 0 aliphatic heterocycles. The summed E-state index contributed by atoms with van der Waals surface area (Å²) in [5, 5.41) is 17.8. The van der Waals surface area contributed by atoms with Crippen LogP contribution in [-0.4, -0.2) is 28.0 Å². The standard InChI is InChI=1S/C16H21F2N3O2/c1-11(12-5-4-6-14(7-12)23-15(17)18)19-10-16(2,22)13-8-20-21(3)9-13/h4-9,11,15,19,22H,10H2,1-3H3. The van der Waals surface area contributed by atoms with Crippen molar-refractivity contribution in [2.24, 2.45) is 7.05 Å². The van der Waals surface area contributed by atoms with Crippen molar-refractivity contribution in [2.45, 2.75) is 32.1 Å². The number of ether oxygens (including phenoxy) is 1. The summed E-state index contributed by atoms with van der Waals surface area (Å²) in [6.45, 7) is 1.03. The first kappa shape index (κ1) is 17.4. The second-order valence-corrected chi connectivity index (χ2v) is 5.73. The topological polar surface area (TPSA) is 59.3 Å². The third-order valence-corrected chi connectivity index (χ3v) is 3.66. The van der Waals surface area contributed by atoms with Crippen LogP contribution < -0.4 is 10.1 Å². The Morgan fingerprint density at radius 2 is 2.17 bits per heavy atom. The van der Waals surface area contributed by atoms with E-state index in [2.05, 4.69) is 15.2 Å². The van der Waals surface area contributed by atoms with Gasteiger partial charge in [-0.3, -0.25) is 4.68 Å². The van der Waals surface area contributed by atoms with Crippen molar-refractivity contribution in [2.75, 3.05) is 6.54 Å². The Morgan fingerprint density at radius 3 is 2.78 bits per heavy atom. The SMILES string of the molecule is CC(NCC(C)(O)c1cnn(C)c1)c1cccc(OC(F)F)c1. The van der Waals surface area contributed by atoms with Crippen LogP contribution in [0.15, 0.2) is 36.7 Å². The molecule has 23 heavy (non-hydrogen) atoms. The molecule has 1 heterocycles. The first-order valence-electron chi connectivity index (χ1n) is 7.27. The third-order valence-electron chi connectivity index (χ3n) is 3.66. The quantitative estimate of drug-likeness (QED) is 0.821. The number of aliphatic hydroxyl groups is 1. The van der Waals surface area contributed by atoms with Crippen molar-refractivity contribution in [1.29, 1.82) is 0 Å². The van der Waals surface area contributed by atoms with Crippen LogP contribution in [0.2, 0.25) is 0 Å². The second kappa shape index (κ2) is 7.06. The summed E-state index contributed by atoms with van der Waals surface area (Å²) in [7, 11) is 1.78. The molecule has 2 unspecified atom stereocenters. The van der Waals surface area contributed by atoms with Crippen LogP contribution in [0.4, 0.5) is 8.78 Å². The highest BCUT2D eigenvalue weighted by atomic mass is 19.3. The summed E-state index contributed by atoms with van der Waals surface area (Å²) >= 11 is 0. The lowest BCUT2D eigenvalue weighted by molar-refractivity contribution is -0.0499. The van der Waals surface area contributed by atoms with Gasteiger partial charge in [0.1, 0.15) is 11.4 Å². The second-order valence-electron chi connectivity index (χ2n) is 5.73. The predicted octanol–water partition coefficient (Wildman–Crippen LogP) is 2.58. The van der Waals surface area contributed by atoms with Crippen LogP contribution in [0.3, 0.4) is 0 Å². The Hall–Kier alpha value is -1.99. The van der Waals surface area contributed by atoms with E-state index in [1.54, 1.807) is 43.2 Å². The molecule has 0 saturated heterocycles. The monoisotopic (exact) mass is 325 g/mol. The van der Waals surface area contributed by atoms with Crippen molar-refractivity contribution < 1.29 is 18.6 Å². The number of benzene rings is 1. The van der Waals surface area contributed by atoms with Gasteiger partial charge in [-0.1, -0.05) is 12.1 Å². The molecule has 2 rings (SSSR count). The maximum atomic E-state index is 12.3. The number of nitrogens with zero attached hydrogens (tertiary/aromatic N) is 2. The molecule has 0 saturated carbocycles. The minimum absolute atomic E-state index is 0.116. The molecule has 0 bridgehead atoms. The van der Waals surface area contributed by atoms with E-state index in [0.29, 0.717) is 12.1 Å². The summed E-state index contributed by atoms with van der Waals surface area (Å²) < 4.78 is 30.6. The molecule has 0 aliphatic rings. The van der Waals surface area contributed by atoms with Gasteiger partial charge in [0, 0.05) is 31.4 Å². The Labute approximate surface area is 133 Å². The van der Waals surface area contributed by atoms with Gasteiger partial charge in [-0.05, 0) is 31.5 Å². The predicted molar refractivity (Wildman–Crippen MR) is 82.3 cm³/mol. The van der Waals surface area contributed by atoms with Crippen molar-refractivity contribution >= 4 is 0 Å². The number of aromatic nitrogens is 2. The van der Waals surface area contributed by atoms with Gasteiger partial charge in [0.15, 0.2) is 0 Å². The zero-order valence-electron chi connectivity index (χ0n) is 13.3. The molecule has 0 radical (unpaired) electrons. The molecule has 5 nitrogen and oxygen atoms in total. The number of nitrogens with one attached hydrogen (secondary N) is 1. The minimum atomic E-state index is -2.85. The summed E-state index contributed by atoms with van der Waals surface area (Å²) in [5.74, 6) is 0.116. The van der Waals surface area contributed by atoms with Crippen LogP contribution >= 0.6 is 0 Å². The van der Waals surface area contributed by atoms with E-state index in [9.17, 15) is 13.9 Å². The average Bonchev–Trinajstić information content (AvgIpc) is 2.92. The first-order chi connectivity index (χ1) is 10.8. The lowest BCUT2D eigenvalue weighted by Crippen LogP contribution is -2.36. The molecule has 2 N–H and O–H groups in total. The van der Waals surface area contributed by atoms with Crippen molar-refractivity contribution in [3.8, 4) is 5.75 Å². The molecule has 2 atom stereocenters. The van der Waals surface area contributed by atoms with Crippen molar-refractivity contribution in [3.05, 3.63) is 47.8 Å². The lowest BCUT2D eigenvalue weighted by Gasteiger charge is -2.25. The Morgan fingerprint density at radius 1 is 1.43 bits per heavy atom. The van der Waals surface area contributed by atoms with Gasteiger partial charge < -0.3 is 15.2 Å². The first-order valence-corrected chi connectivity index (χ1v) is 7.27. The molecule has 0 aliphatic carbocycles. The number of halogens is 2. The largest absolute Gasteiger partial charge is 0.435 e. The third kappa shape index (κ3) is 4.74. The van der Waals surface area contributed by atoms with Crippen LogP contribution in [0.1, 0.15) is 31.0 Å². The van der Waals surface area contributed by atoms with E-state index in [4.69, 9.17) is 0 Å². The van der Waals surface area contributed by atoms with Gasteiger partial charge >= 0.3 is 6.61 Å². The van der Waals surface area contributed by atoms with Gasteiger partial charge in [0.2, 0.25) is 0 Å². The summed E-state index contributed by atoms with van der Waals surface area (Å²) in [5.41, 5.74) is 0.416. The molecule has 126 valence electrons. The maximum absolute atomic E-state index is 12.3. The van der Waals surface area contributed by atoms with Gasteiger partial charge in [-0.2, -0.15) is 13.9 Å². The molecule has 1 aromatic heterocycles. The number of hydrogen-bond donors (Lipinski definition) is 2. The molecular weight excluding hydrogens is 304 g/mol. The fourth-order valence-corrected chi connectivity index (χ4v) is 2.23. The van der Waals surface area contributed by atoms with E-state index in [-0.39, 0.29) is 11.8 Å². The van der Waals surface area contributed by atoms with Gasteiger partial charge in [-0.25, -0.2) is 0 Å². The minimum Gasteiger partial charge on any atom is -0.435 e. The molecule has 0 fully saturated rings. The molecular formula is C16H21F2N3O2. The molecule has 2 aromatic rings. The van der Waals surface area contributed by atoms with E-state index >= 15 is 0 Å². The molecule has 0 amide bonds. The Bertz CT molecular complexity index is 644. The zero-order valence-corrected chi connectivity index (χ0v) is 13.3. The van der Waals surface area contributed by atoms with E-state index in [0.717, 1.165) is 5.56 Å². The summed E-state index contributed by atoms with van der Waals surface area (Å²) in [6.07, 6.45) is 3.37. The normalized spacial score (nSPS) is 15.4. The van der Waals surface area contributed by atoms with E-state index in [1.165, 1.54) is 6.07 Å². The van der Waals surface area contributed by atoms with Crippen molar-refractivity contribution in [1.82, 2.24) is 15.1 Å². The smallest absolute Gasteiger partial charge is 0.387 e. The zero-order chi connectivity index (χ0) is 17.0. The number of alkyl halides is 2. The van der Waals surface area contributed by atoms with Crippen molar-refractivity contribution in [3.63, 3.8) is 0 Å². The van der Waals surface area contributed by atoms with Gasteiger partial charge in [0.05, 0.1) is 6.20 Å².